The average Bonchev–Trinajstić information content (AvgIpc) is 2.72. The second-order valence-electron chi connectivity index (χ2n) is 6.33. The first-order chi connectivity index (χ1) is 14.2. The molecule has 2 amide bonds. The summed E-state index contributed by atoms with van der Waals surface area (Å²) >= 11 is 1.26. The number of thioether (sulfide) groups is 1. The first kappa shape index (κ1) is 25.1. The summed E-state index contributed by atoms with van der Waals surface area (Å²) in [5, 5.41) is 22.1. The van der Waals surface area contributed by atoms with Crippen molar-refractivity contribution in [2.24, 2.45) is 5.73 Å². The Morgan fingerprint density at radius 3 is 2.30 bits per heavy atom. The van der Waals surface area contributed by atoms with Crippen LogP contribution in [0.1, 0.15) is 29.6 Å². The van der Waals surface area contributed by atoms with Gasteiger partial charge in [0.15, 0.2) is 5.78 Å². The average molecular weight is 439 g/mol. The second-order valence-corrected chi connectivity index (χ2v) is 7.48. The molecule has 0 aromatic heterocycles. The first-order valence-electron chi connectivity index (χ1n) is 9.14. The number of benzene rings is 1. The molecule has 1 rings (SSSR count). The van der Waals surface area contributed by atoms with Crippen molar-refractivity contribution in [1.29, 1.82) is 0 Å². The van der Waals surface area contributed by atoms with Gasteiger partial charge in [0.05, 0.1) is 0 Å². The molecule has 0 radical (unpaired) electrons. The maximum absolute atomic E-state index is 12.2. The summed E-state index contributed by atoms with van der Waals surface area (Å²) in [5.74, 6) is -3.28. The van der Waals surface area contributed by atoms with Crippen LogP contribution in [0.5, 0.6) is 0 Å². The molecule has 0 aliphatic rings. The van der Waals surface area contributed by atoms with Gasteiger partial charge in [0.2, 0.25) is 11.8 Å². The van der Waals surface area contributed by atoms with E-state index in [-0.39, 0.29) is 30.8 Å². The van der Waals surface area contributed by atoms with Gasteiger partial charge in [0, 0.05) is 29.9 Å². The van der Waals surface area contributed by atoms with Crippen molar-refractivity contribution in [2.45, 2.75) is 31.3 Å². The van der Waals surface area contributed by atoms with E-state index in [0.717, 1.165) is 0 Å². The molecule has 0 heterocycles. The van der Waals surface area contributed by atoms with E-state index in [0.29, 0.717) is 11.3 Å². The van der Waals surface area contributed by atoms with Crippen LogP contribution in [0.4, 0.5) is 0 Å². The summed E-state index contributed by atoms with van der Waals surface area (Å²) < 4.78 is 0. The van der Waals surface area contributed by atoms with E-state index in [1.54, 1.807) is 30.3 Å². The molecule has 1 aromatic rings. The van der Waals surface area contributed by atoms with E-state index in [2.05, 4.69) is 10.6 Å². The van der Waals surface area contributed by atoms with Crippen LogP contribution in [0.2, 0.25) is 0 Å². The molecule has 0 fully saturated rings. The van der Waals surface area contributed by atoms with Gasteiger partial charge in [-0.2, -0.15) is 11.8 Å². The summed E-state index contributed by atoms with van der Waals surface area (Å²) in [5.41, 5.74) is 5.93. The van der Waals surface area contributed by atoms with Crippen molar-refractivity contribution >= 4 is 41.3 Å². The molecule has 11 heteroatoms. The number of carbonyl (C=O) groups excluding carboxylic acids is 3. The number of hydrogen-bond donors (Lipinski definition) is 5. The minimum absolute atomic E-state index is 0.0540. The lowest BCUT2D eigenvalue weighted by Gasteiger charge is -2.18. The zero-order chi connectivity index (χ0) is 22.5. The Balaban J connectivity index is 2.54. The van der Waals surface area contributed by atoms with Gasteiger partial charge in [0.25, 0.3) is 0 Å². The van der Waals surface area contributed by atoms with Crippen molar-refractivity contribution in [3.05, 3.63) is 35.9 Å². The Morgan fingerprint density at radius 2 is 1.70 bits per heavy atom. The predicted octanol–water partition coefficient (Wildman–Crippen LogP) is -0.130. The topological polar surface area (TPSA) is 176 Å². The number of carboxylic acid groups (broad SMARTS) is 2. The zero-order valence-corrected chi connectivity index (χ0v) is 17.0. The molecule has 164 valence electrons. The van der Waals surface area contributed by atoms with Crippen LogP contribution in [0.3, 0.4) is 0 Å². The van der Waals surface area contributed by atoms with Crippen LogP contribution in [0.15, 0.2) is 30.3 Å². The highest BCUT2D eigenvalue weighted by molar-refractivity contribution is 7.99. The monoisotopic (exact) mass is 439 g/mol. The van der Waals surface area contributed by atoms with Crippen LogP contribution >= 0.6 is 11.8 Å². The van der Waals surface area contributed by atoms with E-state index in [1.807, 2.05) is 0 Å². The molecule has 0 saturated carbocycles. The van der Waals surface area contributed by atoms with E-state index in [9.17, 15) is 24.0 Å². The number of Topliss-reactive ketones (excluding diaryl/α,β-unsaturated/α-hetero) is 1. The Morgan fingerprint density at radius 1 is 1.03 bits per heavy atom. The Hall–Kier alpha value is -2.92. The number of rotatable bonds is 14. The lowest BCUT2D eigenvalue weighted by Crippen LogP contribution is -2.49. The molecule has 2 atom stereocenters. The highest BCUT2D eigenvalue weighted by atomic mass is 32.2. The third kappa shape index (κ3) is 10.0. The lowest BCUT2D eigenvalue weighted by molar-refractivity contribution is -0.139. The molecule has 0 aliphatic heterocycles. The zero-order valence-electron chi connectivity index (χ0n) is 16.2. The number of amides is 2. The molecule has 0 saturated heterocycles. The van der Waals surface area contributed by atoms with Crippen LogP contribution < -0.4 is 16.4 Å². The smallest absolute Gasteiger partial charge is 0.322 e. The Kier molecular flexibility index (Phi) is 11.2. The van der Waals surface area contributed by atoms with E-state index in [1.165, 1.54) is 11.8 Å². The first-order valence-corrected chi connectivity index (χ1v) is 10.3. The normalized spacial score (nSPS) is 12.4. The van der Waals surface area contributed by atoms with Crippen LogP contribution in [-0.2, 0) is 19.2 Å². The summed E-state index contributed by atoms with van der Waals surface area (Å²) in [7, 11) is 0. The van der Waals surface area contributed by atoms with Crippen molar-refractivity contribution < 1.29 is 34.2 Å². The van der Waals surface area contributed by atoms with E-state index in [4.69, 9.17) is 15.9 Å². The number of aliphatic carboxylic acids is 2. The third-order valence-corrected chi connectivity index (χ3v) is 4.98. The van der Waals surface area contributed by atoms with Crippen molar-refractivity contribution in [1.82, 2.24) is 10.6 Å². The van der Waals surface area contributed by atoms with Crippen molar-refractivity contribution in [2.75, 3.05) is 18.1 Å². The summed E-state index contributed by atoms with van der Waals surface area (Å²) in [6, 6.07) is 6.50. The standard InChI is InChI=1S/C19H25N3O7S/c20-13(19(28)29)6-7-16(24)22-14(18(27)21-10-17(25)26)11-30-9-8-15(23)12-4-2-1-3-5-12/h1-5,13-14H,6-11,20H2,(H,21,27)(H,22,24)(H,25,26)(H,28,29)/t13-,14-/m0/s1. The molecule has 0 aliphatic carbocycles. The van der Waals surface area contributed by atoms with Crippen molar-refractivity contribution in [3.8, 4) is 0 Å². The molecule has 30 heavy (non-hydrogen) atoms. The molecule has 0 spiro atoms. The van der Waals surface area contributed by atoms with Crippen molar-refractivity contribution in [3.63, 3.8) is 0 Å². The SMILES string of the molecule is N[C@@H](CCC(=O)N[C@@H](CSCCC(=O)c1ccccc1)C(=O)NCC(=O)O)C(=O)O. The van der Waals surface area contributed by atoms with Gasteiger partial charge in [-0.3, -0.25) is 24.0 Å². The largest absolute Gasteiger partial charge is 0.480 e. The number of carboxylic acids is 2. The van der Waals surface area contributed by atoms with Gasteiger partial charge in [-0.05, 0) is 6.42 Å². The van der Waals surface area contributed by atoms with Gasteiger partial charge in [-0.25, -0.2) is 0 Å². The Labute approximate surface area is 177 Å². The number of nitrogens with one attached hydrogen (secondary N) is 2. The molecule has 10 nitrogen and oxygen atoms in total. The van der Waals surface area contributed by atoms with Gasteiger partial charge in [0.1, 0.15) is 18.6 Å². The van der Waals surface area contributed by atoms with E-state index < -0.39 is 42.4 Å². The quantitative estimate of drug-likeness (QED) is 0.195. The minimum atomic E-state index is -1.24. The van der Waals surface area contributed by atoms with Gasteiger partial charge >= 0.3 is 11.9 Å². The van der Waals surface area contributed by atoms with Gasteiger partial charge in [-0.1, -0.05) is 30.3 Å². The fraction of sp³-hybridized carbons (Fsp3) is 0.421. The van der Waals surface area contributed by atoms with Gasteiger partial charge < -0.3 is 26.6 Å². The molecule has 0 bridgehead atoms. The number of ketones is 1. The highest BCUT2D eigenvalue weighted by Crippen LogP contribution is 2.10. The Bertz CT molecular complexity index is 758. The number of nitrogens with two attached hydrogens (primary N) is 1. The van der Waals surface area contributed by atoms with Crippen LogP contribution in [0.25, 0.3) is 0 Å². The number of carbonyl (C=O) groups is 5. The van der Waals surface area contributed by atoms with E-state index >= 15 is 0 Å². The summed E-state index contributed by atoms with van der Waals surface area (Å²) in [6.07, 6.45) is -0.0732. The van der Waals surface area contributed by atoms with Crippen LogP contribution in [0, 0.1) is 0 Å². The van der Waals surface area contributed by atoms with Gasteiger partial charge in [-0.15, -0.1) is 0 Å². The molecular weight excluding hydrogens is 414 g/mol. The summed E-state index contributed by atoms with van der Waals surface area (Å²) in [6.45, 7) is -0.605. The third-order valence-electron chi connectivity index (χ3n) is 3.92. The maximum Gasteiger partial charge on any atom is 0.322 e. The van der Waals surface area contributed by atoms with Crippen LogP contribution in [-0.4, -0.2) is 69.9 Å². The predicted molar refractivity (Wildman–Crippen MR) is 110 cm³/mol. The molecule has 0 unspecified atom stereocenters. The summed E-state index contributed by atoms with van der Waals surface area (Å²) in [4.78, 5) is 57.7. The maximum atomic E-state index is 12.2. The fourth-order valence-electron chi connectivity index (χ4n) is 2.28. The lowest BCUT2D eigenvalue weighted by atomic mass is 10.1. The molecule has 1 aromatic carbocycles. The number of hydrogen-bond acceptors (Lipinski definition) is 7. The minimum Gasteiger partial charge on any atom is -0.480 e. The highest BCUT2D eigenvalue weighted by Gasteiger charge is 2.22. The second kappa shape index (κ2) is 13.3. The molecular formula is C19H25N3O7S. The molecule has 6 N–H and O–H groups in total. The fourth-order valence-corrected chi connectivity index (χ4v) is 3.25.